The molecule has 0 aromatic heterocycles. The van der Waals surface area contributed by atoms with E-state index >= 15 is 0 Å². The molecule has 0 aliphatic carbocycles. The lowest BCUT2D eigenvalue weighted by Gasteiger charge is -2.32. The maximum atomic E-state index is 13.6. The molecular weight excluding hydrogens is 386 g/mol. The predicted molar refractivity (Wildman–Crippen MR) is 106 cm³/mol. The van der Waals surface area contributed by atoms with Gasteiger partial charge in [0.05, 0.1) is 11.9 Å². The van der Waals surface area contributed by atoms with Crippen LogP contribution < -0.4 is 9.62 Å². The van der Waals surface area contributed by atoms with Crippen LogP contribution in [0.2, 0.25) is 0 Å². The zero-order valence-corrected chi connectivity index (χ0v) is 17.1. The number of amides is 1. The fourth-order valence-electron chi connectivity index (χ4n) is 3.02. The summed E-state index contributed by atoms with van der Waals surface area (Å²) >= 11 is 0. The molecule has 1 unspecified atom stereocenters. The Balaban J connectivity index is 2.25. The topological polar surface area (TPSA) is 66.5 Å². The number of carbonyl (C=O) groups is 1. The highest BCUT2D eigenvalue weighted by Crippen LogP contribution is 2.24. The molecule has 2 aromatic carbocycles. The highest BCUT2D eigenvalue weighted by atomic mass is 32.2. The van der Waals surface area contributed by atoms with Gasteiger partial charge in [0.1, 0.15) is 6.04 Å². The molecule has 5 nitrogen and oxygen atoms in total. The average Bonchev–Trinajstić information content (AvgIpc) is 2.57. The van der Waals surface area contributed by atoms with Gasteiger partial charge in [-0.15, -0.1) is 0 Å². The zero-order valence-electron chi connectivity index (χ0n) is 16.2. The highest BCUT2D eigenvalue weighted by molar-refractivity contribution is 7.92. The molecule has 1 N–H and O–H groups in total. The van der Waals surface area contributed by atoms with Crippen molar-refractivity contribution in [3.8, 4) is 0 Å². The first-order valence-electron chi connectivity index (χ1n) is 8.71. The SMILES string of the molecule is CC(C(=O)NC(C)(C)Cc1ccccc1)N(c1ccc(F)c(F)c1)S(C)(=O)=O. The van der Waals surface area contributed by atoms with Crippen molar-refractivity contribution in [2.24, 2.45) is 0 Å². The quantitative estimate of drug-likeness (QED) is 0.762. The van der Waals surface area contributed by atoms with Gasteiger partial charge >= 0.3 is 0 Å². The van der Waals surface area contributed by atoms with E-state index in [4.69, 9.17) is 0 Å². The van der Waals surface area contributed by atoms with Gasteiger partial charge in [-0.3, -0.25) is 9.10 Å². The second-order valence-corrected chi connectivity index (χ2v) is 9.23. The fourth-order valence-corrected chi connectivity index (χ4v) is 4.19. The average molecular weight is 410 g/mol. The van der Waals surface area contributed by atoms with Crippen LogP contribution in [-0.2, 0) is 21.2 Å². The lowest BCUT2D eigenvalue weighted by molar-refractivity contribution is -0.123. The summed E-state index contributed by atoms with van der Waals surface area (Å²) in [5.74, 6) is -2.84. The van der Waals surface area contributed by atoms with E-state index in [0.717, 1.165) is 34.3 Å². The van der Waals surface area contributed by atoms with Crippen molar-refractivity contribution in [1.82, 2.24) is 5.32 Å². The molecule has 8 heteroatoms. The maximum absolute atomic E-state index is 13.6. The van der Waals surface area contributed by atoms with Crippen LogP contribution in [0, 0.1) is 11.6 Å². The summed E-state index contributed by atoms with van der Waals surface area (Å²) < 4.78 is 52.1. The molecule has 2 aromatic rings. The van der Waals surface area contributed by atoms with E-state index in [1.54, 1.807) is 0 Å². The summed E-state index contributed by atoms with van der Waals surface area (Å²) in [4.78, 5) is 12.8. The summed E-state index contributed by atoms with van der Waals surface area (Å²) in [6.45, 7) is 5.05. The highest BCUT2D eigenvalue weighted by Gasteiger charge is 2.32. The summed E-state index contributed by atoms with van der Waals surface area (Å²) in [6.07, 6.45) is 1.45. The monoisotopic (exact) mass is 410 g/mol. The van der Waals surface area contributed by atoms with E-state index in [9.17, 15) is 22.0 Å². The molecule has 0 saturated heterocycles. The van der Waals surface area contributed by atoms with Crippen molar-refractivity contribution in [3.05, 3.63) is 65.7 Å². The third-order valence-corrected chi connectivity index (χ3v) is 5.44. The zero-order chi connectivity index (χ0) is 21.1. The molecule has 28 heavy (non-hydrogen) atoms. The van der Waals surface area contributed by atoms with E-state index < -0.39 is 39.1 Å². The first kappa shape index (κ1) is 21.8. The van der Waals surface area contributed by atoms with E-state index in [1.165, 1.54) is 6.92 Å². The molecule has 2 rings (SSSR count). The molecule has 0 fully saturated rings. The van der Waals surface area contributed by atoms with Gasteiger partial charge in [-0.05, 0) is 44.9 Å². The third-order valence-electron chi connectivity index (χ3n) is 4.20. The number of hydrogen-bond donors (Lipinski definition) is 1. The van der Waals surface area contributed by atoms with E-state index in [2.05, 4.69) is 5.32 Å². The van der Waals surface area contributed by atoms with Gasteiger partial charge in [0.15, 0.2) is 11.6 Å². The van der Waals surface area contributed by atoms with Crippen molar-refractivity contribution in [1.29, 1.82) is 0 Å². The number of rotatable bonds is 7. The maximum Gasteiger partial charge on any atom is 0.244 e. The number of sulfonamides is 1. The van der Waals surface area contributed by atoms with Gasteiger partial charge in [0, 0.05) is 11.6 Å². The molecule has 0 aliphatic rings. The van der Waals surface area contributed by atoms with Crippen molar-refractivity contribution >= 4 is 21.6 Å². The first-order chi connectivity index (χ1) is 12.9. The Morgan fingerprint density at radius 1 is 1.11 bits per heavy atom. The Labute approximate surface area is 164 Å². The van der Waals surface area contributed by atoms with E-state index in [-0.39, 0.29) is 5.69 Å². The molecule has 0 radical (unpaired) electrons. The van der Waals surface area contributed by atoms with Crippen molar-refractivity contribution < 1.29 is 22.0 Å². The lowest BCUT2D eigenvalue weighted by Crippen LogP contribution is -2.54. The predicted octanol–water partition coefficient (Wildman–Crippen LogP) is 3.26. The van der Waals surface area contributed by atoms with Crippen LogP contribution >= 0.6 is 0 Å². The van der Waals surface area contributed by atoms with Crippen LogP contribution in [0.5, 0.6) is 0 Å². The second kappa shape index (κ2) is 8.26. The van der Waals surface area contributed by atoms with Crippen LogP contribution in [0.4, 0.5) is 14.5 Å². The van der Waals surface area contributed by atoms with Crippen molar-refractivity contribution in [2.75, 3.05) is 10.6 Å². The second-order valence-electron chi connectivity index (χ2n) is 7.37. The van der Waals surface area contributed by atoms with E-state index in [0.29, 0.717) is 6.42 Å². The van der Waals surface area contributed by atoms with Crippen LogP contribution in [0.3, 0.4) is 0 Å². The van der Waals surface area contributed by atoms with Gasteiger partial charge in [-0.2, -0.15) is 0 Å². The Morgan fingerprint density at radius 3 is 2.25 bits per heavy atom. The number of nitrogens with zero attached hydrogens (tertiary/aromatic N) is 1. The van der Waals surface area contributed by atoms with Gasteiger partial charge in [-0.25, -0.2) is 17.2 Å². The van der Waals surface area contributed by atoms with Crippen molar-refractivity contribution in [3.63, 3.8) is 0 Å². The molecule has 0 spiro atoms. The number of hydrogen-bond acceptors (Lipinski definition) is 3. The molecule has 0 saturated carbocycles. The minimum Gasteiger partial charge on any atom is -0.349 e. The Morgan fingerprint density at radius 2 is 1.71 bits per heavy atom. The minimum absolute atomic E-state index is 0.120. The van der Waals surface area contributed by atoms with Crippen LogP contribution in [-0.4, -0.2) is 32.2 Å². The first-order valence-corrected chi connectivity index (χ1v) is 10.6. The fraction of sp³-hybridized carbons (Fsp3) is 0.350. The molecule has 0 bridgehead atoms. The number of carbonyl (C=O) groups excluding carboxylic acids is 1. The van der Waals surface area contributed by atoms with Crippen LogP contribution in [0.25, 0.3) is 0 Å². The minimum atomic E-state index is -3.92. The Bertz CT molecular complexity index is 947. The van der Waals surface area contributed by atoms with Crippen LogP contribution in [0.1, 0.15) is 26.3 Å². The van der Waals surface area contributed by atoms with Crippen molar-refractivity contribution in [2.45, 2.75) is 38.8 Å². The van der Waals surface area contributed by atoms with Crippen LogP contribution in [0.15, 0.2) is 48.5 Å². The summed E-state index contributed by atoms with van der Waals surface area (Å²) in [7, 11) is -3.92. The third kappa shape index (κ3) is 5.51. The molecule has 152 valence electrons. The molecule has 0 heterocycles. The number of halogens is 2. The van der Waals surface area contributed by atoms with Gasteiger partial charge in [0.25, 0.3) is 0 Å². The molecule has 0 aliphatic heterocycles. The van der Waals surface area contributed by atoms with Gasteiger partial charge < -0.3 is 5.32 Å². The molecule has 1 amide bonds. The number of anilines is 1. The largest absolute Gasteiger partial charge is 0.349 e. The summed E-state index contributed by atoms with van der Waals surface area (Å²) in [5.41, 5.74) is 0.245. The summed E-state index contributed by atoms with van der Waals surface area (Å²) in [6, 6.07) is 11.1. The number of benzene rings is 2. The smallest absolute Gasteiger partial charge is 0.244 e. The van der Waals surface area contributed by atoms with E-state index in [1.807, 2.05) is 44.2 Å². The standard InChI is InChI=1S/C20H24F2N2O3S/c1-14(19(25)23-20(2,3)13-15-8-6-5-7-9-15)24(28(4,26)27)16-10-11-17(21)18(22)12-16/h5-12,14H,13H2,1-4H3,(H,23,25). The lowest BCUT2D eigenvalue weighted by atomic mass is 9.94. The molecular formula is C20H24F2N2O3S. The van der Waals surface area contributed by atoms with Gasteiger partial charge in [-0.1, -0.05) is 30.3 Å². The Kier molecular flexibility index (Phi) is 6.44. The normalized spacial score (nSPS) is 13.1. The number of nitrogens with one attached hydrogen (secondary N) is 1. The molecule has 1 atom stereocenters. The Hall–Kier alpha value is -2.48. The van der Waals surface area contributed by atoms with Gasteiger partial charge in [0.2, 0.25) is 15.9 Å². The summed E-state index contributed by atoms with van der Waals surface area (Å²) in [5, 5.41) is 2.84.